The Kier molecular flexibility index (Phi) is 4.39. The maximum absolute atomic E-state index is 12.9. The number of phenolic OH excluding ortho intramolecular Hbond substituents is 1. The van der Waals surface area contributed by atoms with Crippen LogP contribution in [0.1, 0.15) is 23.7 Å². The molecule has 3 nitrogen and oxygen atoms in total. The number of para-hydroxylation sites is 1. The molecule has 0 bridgehead atoms. The first-order chi connectivity index (χ1) is 8.65. The van der Waals surface area contributed by atoms with Crippen LogP contribution < -0.4 is 0 Å². The molecule has 0 spiro atoms. The average molecular weight is 280 g/mol. The number of phenols is 1. The van der Waals surface area contributed by atoms with Gasteiger partial charge in [-0.05, 0) is 12.1 Å². The summed E-state index contributed by atoms with van der Waals surface area (Å²) in [6.07, 6.45) is -1.30. The van der Waals surface area contributed by atoms with Crippen LogP contribution in [0.4, 0.5) is 17.6 Å². The van der Waals surface area contributed by atoms with Crippen LogP contribution in [0.2, 0.25) is 0 Å². The molecule has 0 aliphatic carbocycles. The molecule has 0 aliphatic heterocycles. The minimum atomic E-state index is -4.26. The lowest BCUT2D eigenvalue weighted by Gasteiger charge is -2.22. The van der Waals surface area contributed by atoms with Gasteiger partial charge in [0.15, 0.2) is 0 Å². The molecular weight excluding hydrogens is 268 g/mol. The molecule has 106 valence electrons. The van der Waals surface area contributed by atoms with Crippen LogP contribution in [-0.4, -0.2) is 29.5 Å². The summed E-state index contributed by atoms with van der Waals surface area (Å²) in [7, 11) is 0. The Labute approximate surface area is 106 Å². The Balaban J connectivity index is 2.55. The van der Waals surface area contributed by atoms with E-state index in [2.05, 4.69) is 4.74 Å². The summed E-state index contributed by atoms with van der Waals surface area (Å²) >= 11 is 0. The summed E-state index contributed by atoms with van der Waals surface area (Å²) in [5.74, 6) is -9.87. The first kappa shape index (κ1) is 15.3. The highest BCUT2D eigenvalue weighted by Crippen LogP contribution is 2.36. The number of benzene rings is 1. The Morgan fingerprint density at radius 1 is 1.26 bits per heavy atom. The summed E-state index contributed by atoms with van der Waals surface area (Å²) in [5.41, 5.74) is -0.214. The number of halogens is 4. The number of esters is 1. The van der Waals surface area contributed by atoms with E-state index in [0.29, 0.717) is 0 Å². The van der Waals surface area contributed by atoms with Gasteiger partial charge in [0.2, 0.25) is 0 Å². The second kappa shape index (κ2) is 5.46. The van der Waals surface area contributed by atoms with Crippen LogP contribution in [0.3, 0.4) is 0 Å². The normalized spacial score (nSPS) is 12.3. The van der Waals surface area contributed by atoms with Crippen LogP contribution in [0.15, 0.2) is 24.3 Å². The molecule has 7 heteroatoms. The van der Waals surface area contributed by atoms with Crippen molar-refractivity contribution < 1.29 is 32.2 Å². The lowest BCUT2D eigenvalue weighted by Crippen LogP contribution is -2.38. The first-order valence-electron chi connectivity index (χ1n) is 5.36. The second-order valence-electron chi connectivity index (χ2n) is 4.00. The van der Waals surface area contributed by atoms with Gasteiger partial charge in [0.05, 0.1) is 13.0 Å². The fraction of sp³-hybridized carbons (Fsp3) is 0.417. The predicted molar refractivity (Wildman–Crippen MR) is 58.6 cm³/mol. The molecule has 0 radical (unpaired) electrons. The summed E-state index contributed by atoms with van der Waals surface area (Å²) < 4.78 is 55.1. The second-order valence-corrected chi connectivity index (χ2v) is 4.00. The van der Waals surface area contributed by atoms with E-state index < -0.39 is 30.8 Å². The molecule has 19 heavy (non-hydrogen) atoms. The topological polar surface area (TPSA) is 46.5 Å². The van der Waals surface area contributed by atoms with E-state index in [1.54, 1.807) is 0 Å². The molecule has 0 aliphatic rings. The molecule has 0 saturated carbocycles. The molecule has 0 aromatic heterocycles. The third-order valence-corrected chi connectivity index (χ3v) is 2.42. The monoisotopic (exact) mass is 280 g/mol. The highest BCUT2D eigenvalue weighted by atomic mass is 19.3. The van der Waals surface area contributed by atoms with Gasteiger partial charge in [-0.1, -0.05) is 12.1 Å². The van der Waals surface area contributed by atoms with Gasteiger partial charge in [0.1, 0.15) is 11.3 Å². The first-order valence-corrected chi connectivity index (χ1v) is 5.36. The third-order valence-electron chi connectivity index (χ3n) is 2.42. The fourth-order valence-corrected chi connectivity index (χ4v) is 1.22. The predicted octanol–water partition coefficient (Wildman–Crippen LogP) is 3.23. The molecule has 0 heterocycles. The SMILES string of the molecule is CC(F)(F)C(F)(F)CCOC(=O)c1ccccc1O. The van der Waals surface area contributed by atoms with Crippen LogP contribution >= 0.6 is 0 Å². The van der Waals surface area contributed by atoms with Crippen molar-refractivity contribution in [1.82, 2.24) is 0 Å². The molecular formula is C12H12F4O3. The number of hydrogen-bond donors (Lipinski definition) is 1. The lowest BCUT2D eigenvalue weighted by molar-refractivity contribution is -0.204. The number of rotatable bonds is 5. The highest BCUT2D eigenvalue weighted by Gasteiger charge is 2.51. The van der Waals surface area contributed by atoms with Crippen molar-refractivity contribution in [2.24, 2.45) is 0 Å². The van der Waals surface area contributed by atoms with Crippen molar-refractivity contribution in [2.45, 2.75) is 25.2 Å². The number of ether oxygens (including phenoxy) is 1. The summed E-state index contributed by atoms with van der Waals surface area (Å²) in [6, 6.07) is 5.33. The molecule has 1 aromatic carbocycles. The number of hydrogen-bond acceptors (Lipinski definition) is 3. The smallest absolute Gasteiger partial charge is 0.341 e. The van der Waals surface area contributed by atoms with E-state index in [4.69, 9.17) is 0 Å². The van der Waals surface area contributed by atoms with Gasteiger partial charge in [0, 0.05) is 6.92 Å². The van der Waals surface area contributed by atoms with Gasteiger partial charge in [-0.25, -0.2) is 13.6 Å². The zero-order valence-electron chi connectivity index (χ0n) is 10.00. The zero-order valence-corrected chi connectivity index (χ0v) is 10.00. The minimum Gasteiger partial charge on any atom is -0.507 e. The summed E-state index contributed by atoms with van der Waals surface area (Å²) in [6.45, 7) is -0.776. The Morgan fingerprint density at radius 3 is 2.37 bits per heavy atom. The highest BCUT2D eigenvalue weighted by molar-refractivity contribution is 5.92. The van der Waals surface area contributed by atoms with Gasteiger partial charge >= 0.3 is 17.8 Å². The van der Waals surface area contributed by atoms with Crippen molar-refractivity contribution in [3.05, 3.63) is 29.8 Å². The Morgan fingerprint density at radius 2 is 1.84 bits per heavy atom. The molecule has 0 unspecified atom stereocenters. The fourth-order valence-electron chi connectivity index (χ4n) is 1.22. The van der Waals surface area contributed by atoms with E-state index in [0.717, 1.165) is 0 Å². The molecule has 0 atom stereocenters. The van der Waals surface area contributed by atoms with E-state index >= 15 is 0 Å². The number of carbonyl (C=O) groups is 1. The van der Waals surface area contributed by atoms with E-state index in [-0.39, 0.29) is 18.2 Å². The van der Waals surface area contributed by atoms with Crippen molar-refractivity contribution in [1.29, 1.82) is 0 Å². The quantitative estimate of drug-likeness (QED) is 0.665. The van der Waals surface area contributed by atoms with Crippen molar-refractivity contribution in [2.75, 3.05) is 6.61 Å². The van der Waals surface area contributed by atoms with E-state index in [1.165, 1.54) is 24.3 Å². The van der Waals surface area contributed by atoms with E-state index in [9.17, 15) is 27.5 Å². The molecule has 0 saturated heterocycles. The van der Waals surface area contributed by atoms with Gasteiger partial charge in [-0.3, -0.25) is 0 Å². The molecule has 1 N–H and O–H groups in total. The van der Waals surface area contributed by atoms with Crippen LogP contribution in [-0.2, 0) is 4.74 Å². The third kappa shape index (κ3) is 3.84. The average Bonchev–Trinajstić information content (AvgIpc) is 2.27. The van der Waals surface area contributed by atoms with E-state index in [1.807, 2.05) is 0 Å². The zero-order chi connectivity index (χ0) is 14.7. The van der Waals surface area contributed by atoms with Gasteiger partial charge in [-0.2, -0.15) is 8.78 Å². The number of aromatic hydroxyl groups is 1. The van der Waals surface area contributed by atoms with Gasteiger partial charge < -0.3 is 9.84 Å². The maximum atomic E-state index is 12.9. The molecule has 1 rings (SSSR count). The summed E-state index contributed by atoms with van der Waals surface area (Å²) in [4.78, 5) is 11.4. The minimum absolute atomic E-state index is 0.0951. The Hall–Kier alpha value is -1.79. The molecule has 0 amide bonds. The van der Waals surface area contributed by atoms with Crippen LogP contribution in [0.5, 0.6) is 5.75 Å². The molecule has 0 fully saturated rings. The standard InChI is InChI=1S/C12H12F4O3/c1-11(13,14)12(15,16)6-7-19-10(18)8-4-2-3-5-9(8)17/h2-5,17H,6-7H2,1H3. The van der Waals surface area contributed by atoms with Gasteiger partial charge in [0.25, 0.3) is 0 Å². The van der Waals surface area contributed by atoms with Crippen molar-refractivity contribution in [3.63, 3.8) is 0 Å². The van der Waals surface area contributed by atoms with Crippen LogP contribution in [0.25, 0.3) is 0 Å². The van der Waals surface area contributed by atoms with Gasteiger partial charge in [-0.15, -0.1) is 0 Å². The van der Waals surface area contributed by atoms with Crippen LogP contribution in [0, 0.1) is 0 Å². The largest absolute Gasteiger partial charge is 0.507 e. The number of alkyl halides is 4. The Bertz CT molecular complexity index is 455. The maximum Gasteiger partial charge on any atom is 0.341 e. The number of carbonyl (C=O) groups excluding carboxylic acids is 1. The van der Waals surface area contributed by atoms with Crippen molar-refractivity contribution in [3.8, 4) is 5.75 Å². The summed E-state index contributed by atoms with van der Waals surface area (Å²) in [5, 5.41) is 9.30. The molecule has 1 aromatic rings. The lowest BCUT2D eigenvalue weighted by atomic mass is 10.1. The van der Waals surface area contributed by atoms with Crippen molar-refractivity contribution >= 4 is 5.97 Å².